The van der Waals surface area contributed by atoms with Crippen LogP contribution >= 0.6 is 0 Å². The van der Waals surface area contributed by atoms with E-state index in [4.69, 9.17) is 13.2 Å². The van der Waals surface area contributed by atoms with Crippen molar-refractivity contribution < 1.29 is 25.1 Å². The number of hydrogen-bond acceptors (Lipinski definition) is 6. The van der Waals surface area contributed by atoms with E-state index in [9.17, 15) is 13.2 Å². The fourth-order valence-corrected chi connectivity index (χ4v) is 4.52. The van der Waals surface area contributed by atoms with Crippen LogP contribution in [0.25, 0.3) is 11.1 Å². The van der Waals surface area contributed by atoms with Gasteiger partial charge in [-0.05, 0) is 48.4 Å². The highest BCUT2D eigenvalue weighted by molar-refractivity contribution is 7.90. The van der Waals surface area contributed by atoms with Crippen LogP contribution in [0.2, 0.25) is 0 Å². The van der Waals surface area contributed by atoms with E-state index >= 15 is 4.39 Å². The molecule has 0 fully saturated rings. The number of halogens is 1. The first-order chi connectivity index (χ1) is 16.4. The average Bonchev–Trinajstić information content (AvgIpc) is 2.92. The highest BCUT2D eigenvalue weighted by Crippen LogP contribution is 2.31. The van der Waals surface area contributed by atoms with E-state index < -0.39 is 39.6 Å². The molecule has 2 aromatic carbocycles. The lowest BCUT2D eigenvalue weighted by atomic mass is 10.0. The topological polar surface area (TPSA) is 103 Å². The minimum absolute atomic E-state index is 0.00250. The van der Waals surface area contributed by atoms with Crippen molar-refractivity contribution >= 4 is 21.6 Å². The number of aromatic nitrogens is 1. The predicted molar refractivity (Wildman–Crippen MR) is 123 cm³/mol. The second-order valence-electron chi connectivity index (χ2n) is 7.73. The number of carbonyl (C=O) groups excluding carboxylic acids is 1. The normalized spacial score (nSPS) is 16.2. The van der Waals surface area contributed by atoms with Gasteiger partial charge in [0.25, 0.3) is 5.91 Å². The maximum Gasteiger partial charge on any atom is 0.254 e. The Bertz CT molecular complexity index is 1410. The Morgan fingerprint density at radius 1 is 1.24 bits per heavy atom. The summed E-state index contributed by atoms with van der Waals surface area (Å²) in [5, 5.41) is 0. The number of nitrogen functional groups attached to an aromatic ring is 1. The first kappa shape index (κ1) is 20.2. The summed E-state index contributed by atoms with van der Waals surface area (Å²) in [5.41, 5.74) is 7.71. The number of pyridine rings is 1. The molecular weight excluding hydrogens is 445 g/mol. The van der Waals surface area contributed by atoms with Crippen molar-refractivity contribution in [3.05, 3.63) is 71.2 Å². The second-order valence-corrected chi connectivity index (χ2v) is 9.72. The van der Waals surface area contributed by atoms with Crippen molar-refractivity contribution in [2.75, 3.05) is 25.1 Å². The molecule has 1 aliphatic heterocycles. The lowest BCUT2D eigenvalue weighted by molar-refractivity contribution is 0.0731. The summed E-state index contributed by atoms with van der Waals surface area (Å²) in [4.78, 5) is 18.3. The van der Waals surface area contributed by atoms with Crippen LogP contribution in [0.1, 0.15) is 31.2 Å². The number of anilines is 1. The van der Waals surface area contributed by atoms with Crippen molar-refractivity contribution in [2.45, 2.75) is 24.8 Å². The molecule has 7 nitrogen and oxygen atoms in total. The molecule has 0 saturated heterocycles. The Labute approximate surface area is 194 Å². The number of sulfone groups is 1. The van der Waals surface area contributed by atoms with E-state index in [1.54, 1.807) is 43.5 Å². The molecular formula is C24H24FN3O4S. The van der Waals surface area contributed by atoms with Gasteiger partial charge in [-0.1, -0.05) is 13.0 Å². The zero-order valence-corrected chi connectivity index (χ0v) is 18.9. The van der Waals surface area contributed by atoms with Crippen molar-refractivity contribution in [2.24, 2.45) is 0 Å². The Morgan fingerprint density at radius 3 is 2.67 bits per heavy atom. The van der Waals surface area contributed by atoms with Crippen LogP contribution in [0, 0.1) is 5.82 Å². The second kappa shape index (κ2) is 8.82. The van der Waals surface area contributed by atoms with Crippen LogP contribution in [-0.2, 0) is 22.8 Å². The molecule has 0 atom stereocenters. The lowest BCUT2D eigenvalue weighted by Gasteiger charge is -2.22. The highest BCUT2D eigenvalue weighted by atomic mass is 32.2. The van der Waals surface area contributed by atoms with Crippen LogP contribution in [0.5, 0.6) is 5.75 Å². The maximum atomic E-state index is 15.0. The number of nitrogens with zero attached hydrogens (tertiary/aromatic N) is 2. The summed E-state index contributed by atoms with van der Waals surface area (Å²) < 4.78 is 61.0. The molecule has 0 spiro atoms. The highest BCUT2D eigenvalue weighted by Gasteiger charge is 2.27. The standard InChI is InChI=1S/C24H24FN3O4S/c1-3-18-19(6-8-21(23(18)25)33(2,30)31)24(29)28-10-11-32-20-7-4-15(12-17(20)14-28)16-5-9-22(26)27-13-16/h4-9,12-13H,3,10-11,14H2,1-2H3,(H2,26,27)/i11D2. The van der Waals surface area contributed by atoms with Crippen LogP contribution in [0.3, 0.4) is 0 Å². The van der Waals surface area contributed by atoms with Crippen LogP contribution in [0.15, 0.2) is 53.6 Å². The predicted octanol–water partition coefficient (Wildman–Crippen LogP) is 3.47. The maximum absolute atomic E-state index is 15.0. The van der Waals surface area contributed by atoms with E-state index in [1.807, 2.05) is 0 Å². The summed E-state index contributed by atoms with van der Waals surface area (Å²) in [6.07, 6.45) is 2.59. The minimum Gasteiger partial charge on any atom is -0.491 e. The molecule has 0 saturated carbocycles. The summed E-state index contributed by atoms with van der Waals surface area (Å²) >= 11 is 0. The Kier molecular flexibility index (Phi) is 5.39. The molecule has 0 radical (unpaired) electrons. The molecule has 2 N–H and O–H groups in total. The third kappa shape index (κ3) is 4.54. The van der Waals surface area contributed by atoms with Gasteiger partial charge in [-0.25, -0.2) is 17.8 Å². The number of nitrogens with two attached hydrogens (primary N) is 1. The van der Waals surface area contributed by atoms with E-state index in [0.717, 1.165) is 23.4 Å². The Morgan fingerprint density at radius 2 is 2.00 bits per heavy atom. The molecule has 0 unspecified atom stereocenters. The molecule has 3 aromatic rings. The molecule has 1 aromatic heterocycles. The first-order valence-corrected chi connectivity index (χ1v) is 12.1. The van der Waals surface area contributed by atoms with E-state index in [0.29, 0.717) is 11.4 Å². The first-order valence-electron chi connectivity index (χ1n) is 11.2. The molecule has 1 aliphatic rings. The van der Waals surface area contributed by atoms with Crippen LogP contribution in [0.4, 0.5) is 10.2 Å². The Hall–Kier alpha value is -3.46. The zero-order chi connectivity index (χ0) is 25.5. The fraction of sp³-hybridized carbons (Fsp3) is 0.250. The summed E-state index contributed by atoms with van der Waals surface area (Å²) in [7, 11) is -3.82. The molecule has 2 heterocycles. The van der Waals surface area contributed by atoms with Gasteiger partial charge in [0.1, 0.15) is 28.8 Å². The number of rotatable bonds is 4. The van der Waals surface area contributed by atoms with Crippen molar-refractivity contribution in [1.82, 2.24) is 9.88 Å². The van der Waals surface area contributed by atoms with Crippen molar-refractivity contribution in [3.63, 3.8) is 0 Å². The number of benzene rings is 2. The molecule has 1 amide bonds. The largest absolute Gasteiger partial charge is 0.491 e. The summed E-state index contributed by atoms with van der Waals surface area (Å²) in [6, 6.07) is 11.0. The number of hydrogen-bond donors (Lipinski definition) is 1. The van der Waals surface area contributed by atoms with E-state index in [-0.39, 0.29) is 29.8 Å². The number of ether oxygens (including phenoxy) is 1. The van der Waals surface area contributed by atoms with Crippen LogP contribution in [-0.4, -0.2) is 43.6 Å². The van der Waals surface area contributed by atoms with Crippen LogP contribution < -0.4 is 10.5 Å². The molecule has 33 heavy (non-hydrogen) atoms. The van der Waals surface area contributed by atoms with Gasteiger partial charge in [-0.2, -0.15) is 0 Å². The van der Waals surface area contributed by atoms with Gasteiger partial charge in [0.15, 0.2) is 9.84 Å². The minimum atomic E-state index is -3.82. The lowest BCUT2D eigenvalue weighted by Crippen LogP contribution is -2.33. The van der Waals surface area contributed by atoms with Gasteiger partial charge in [-0.3, -0.25) is 4.79 Å². The quantitative estimate of drug-likeness (QED) is 0.625. The molecule has 9 heteroatoms. The zero-order valence-electron chi connectivity index (χ0n) is 20.1. The number of fused-ring (bicyclic) bond motifs is 1. The smallest absolute Gasteiger partial charge is 0.254 e. The van der Waals surface area contributed by atoms with E-state index in [2.05, 4.69) is 4.98 Å². The van der Waals surface area contributed by atoms with Gasteiger partial charge in [0, 0.05) is 41.3 Å². The third-order valence-electron chi connectivity index (χ3n) is 5.46. The Balaban J connectivity index is 1.75. The van der Waals surface area contributed by atoms with Gasteiger partial charge >= 0.3 is 0 Å². The van der Waals surface area contributed by atoms with Gasteiger partial charge in [0.05, 0.1) is 9.29 Å². The SMILES string of the molecule is [2H]C1([2H])CN(C(=O)c2ccc(S(C)(=O)=O)c(F)c2CC)Cc2cc(-c3ccc(N)nc3)ccc2O1. The van der Waals surface area contributed by atoms with Gasteiger partial charge in [-0.15, -0.1) is 0 Å². The van der Waals surface area contributed by atoms with E-state index in [1.165, 1.54) is 11.0 Å². The number of carbonyl (C=O) groups is 1. The van der Waals surface area contributed by atoms with Gasteiger partial charge in [0.2, 0.25) is 0 Å². The number of amides is 1. The van der Waals surface area contributed by atoms with Crippen molar-refractivity contribution in [3.8, 4) is 16.9 Å². The van der Waals surface area contributed by atoms with Gasteiger partial charge < -0.3 is 15.4 Å². The summed E-state index contributed by atoms with van der Waals surface area (Å²) in [5.74, 6) is -0.932. The molecule has 172 valence electrons. The summed E-state index contributed by atoms with van der Waals surface area (Å²) in [6.45, 7) is -0.989. The molecule has 0 aliphatic carbocycles. The molecule has 0 bridgehead atoms. The monoisotopic (exact) mass is 471 g/mol. The third-order valence-corrected chi connectivity index (χ3v) is 6.57. The average molecular weight is 472 g/mol. The molecule has 4 rings (SSSR count). The fourth-order valence-electron chi connectivity index (χ4n) is 3.75. The van der Waals surface area contributed by atoms with Crippen molar-refractivity contribution in [1.29, 1.82) is 0 Å².